The van der Waals surface area contributed by atoms with Gasteiger partial charge in [0.05, 0.1) is 26.9 Å². The number of phosphoric ester groups is 1. The van der Waals surface area contributed by atoms with Crippen molar-refractivity contribution in [2.45, 2.75) is 26.4 Å². The SMILES string of the molecule is CCOP(=O)(O)OC(C)Cc1ccc(OC)cc1OC. The summed E-state index contributed by atoms with van der Waals surface area (Å²) in [5.74, 6) is 1.32. The van der Waals surface area contributed by atoms with Crippen LogP contribution in [0.3, 0.4) is 0 Å². The van der Waals surface area contributed by atoms with Crippen molar-refractivity contribution in [2.24, 2.45) is 0 Å². The molecule has 0 spiro atoms. The maximum absolute atomic E-state index is 11.5. The van der Waals surface area contributed by atoms with Crippen molar-refractivity contribution in [1.82, 2.24) is 0 Å². The highest BCUT2D eigenvalue weighted by atomic mass is 31.2. The minimum absolute atomic E-state index is 0.117. The Morgan fingerprint density at radius 1 is 1.30 bits per heavy atom. The number of hydrogen-bond acceptors (Lipinski definition) is 5. The first kappa shape index (κ1) is 17.0. The van der Waals surface area contributed by atoms with Gasteiger partial charge >= 0.3 is 7.82 Å². The molecule has 1 aromatic carbocycles. The van der Waals surface area contributed by atoms with Crippen LogP contribution in [0.1, 0.15) is 19.4 Å². The highest BCUT2D eigenvalue weighted by Crippen LogP contribution is 2.44. The summed E-state index contributed by atoms with van der Waals surface area (Å²) in [5, 5.41) is 0. The second-order valence-electron chi connectivity index (χ2n) is 4.18. The molecule has 0 aromatic heterocycles. The van der Waals surface area contributed by atoms with Gasteiger partial charge in [-0.05, 0) is 25.5 Å². The molecule has 0 fully saturated rings. The third kappa shape index (κ3) is 5.13. The van der Waals surface area contributed by atoms with Crippen LogP contribution in [0.15, 0.2) is 18.2 Å². The van der Waals surface area contributed by atoms with Gasteiger partial charge in [-0.2, -0.15) is 0 Å². The summed E-state index contributed by atoms with van der Waals surface area (Å²) in [6, 6.07) is 5.38. The second kappa shape index (κ2) is 7.64. The summed E-state index contributed by atoms with van der Waals surface area (Å²) in [5.41, 5.74) is 0.859. The lowest BCUT2D eigenvalue weighted by Gasteiger charge is -2.18. The molecular weight excluding hydrogens is 283 g/mol. The van der Waals surface area contributed by atoms with Crippen LogP contribution in [0.25, 0.3) is 0 Å². The highest BCUT2D eigenvalue weighted by Gasteiger charge is 2.24. The normalized spacial score (nSPS) is 15.4. The molecule has 6 nitrogen and oxygen atoms in total. The Labute approximate surface area is 119 Å². The summed E-state index contributed by atoms with van der Waals surface area (Å²) in [4.78, 5) is 9.43. The van der Waals surface area contributed by atoms with E-state index in [1.54, 1.807) is 40.2 Å². The number of rotatable bonds is 8. The van der Waals surface area contributed by atoms with E-state index in [1.165, 1.54) is 0 Å². The summed E-state index contributed by atoms with van der Waals surface area (Å²) in [6.45, 7) is 3.45. The van der Waals surface area contributed by atoms with E-state index in [0.29, 0.717) is 17.9 Å². The van der Waals surface area contributed by atoms with Gasteiger partial charge in [0.2, 0.25) is 0 Å². The van der Waals surface area contributed by atoms with Gasteiger partial charge < -0.3 is 14.4 Å². The molecule has 0 aliphatic carbocycles. The maximum Gasteiger partial charge on any atom is 0.472 e. The Hall–Kier alpha value is -1.07. The first-order valence-corrected chi connectivity index (χ1v) is 7.78. The predicted octanol–water partition coefficient (Wildman–Crippen LogP) is 2.79. The van der Waals surface area contributed by atoms with Crippen LogP contribution in [0.2, 0.25) is 0 Å². The average molecular weight is 304 g/mol. The molecule has 2 unspecified atom stereocenters. The summed E-state index contributed by atoms with van der Waals surface area (Å²) >= 11 is 0. The largest absolute Gasteiger partial charge is 0.497 e. The Morgan fingerprint density at radius 3 is 2.55 bits per heavy atom. The zero-order valence-electron chi connectivity index (χ0n) is 12.2. The smallest absolute Gasteiger partial charge is 0.472 e. The van der Waals surface area contributed by atoms with Gasteiger partial charge in [-0.3, -0.25) is 9.05 Å². The van der Waals surface area contributed by atoms with Crippen LogP contribution < -0.4 is 9.47 Å². The van der Waals surface area contributed by atoms with Gasteiger partial charge in [-0.25, -0.2) is 4.57 Å². The van der Waals surface area contributed by atoms with E-state index in [-0.39, 0.29) is 6.61 Å². The molecule has 0 saturated carbocycles. The molecule has 0 aliphatic rings. The van der Waals surface area contributed by atoms with Crippen molar-refractivity contribution in [1.29, 1.82) is 0 Å². The van der Waals surface area contributed by atoms with Crippen LogP contribution in [-0.4, -0.2) is 31.8 Å². The van der Waals surface area contributed by atoms with Crippen LogP contribution in [0.4, 0.5) is 0 Å². The zero-order valence-corrected chi connectivity index (χ0v) is 13.1. The lowest BCUT2D eigenvalue weighted by atomic mass is 10.1. The molecule has 1 aromatic rings. The third-order valence-corrected chi connectivity index (χ3v) is 3.82. The van der Waals surface area contributed by atoms with E-state index < -0.39 is 13.9 Å². The molecule has 1 N–H and O–H groups in total. The van der Waals surface area contributed by atoms with Gasteiger partial charge in [0, 0.05) is 12.5 Å². The lowest BCUT2D eigenvalue weighted by molar-refractivity contribution is 0.116. The zero-order chi connectivity index (χ0) is 15.2. The molecule has 0 radical (unpaired) electrons. The van der Waals surface area contributed by atoms with E-state index in [9.17, 15) is 9.46 Å². The highest BCUT2D eigenvalue weighted by molar-refractivity contribution is 7.47. The van der Waals surface area contributed by atoms with Gasteiger partial charge in [-0.1, -0.05) is 6.07 Å². The van der Waals surface area contributed by atoms with Crippen molar-refractivity contribution in [2.75, 3.05) is 20.8 Å². The molecule has 0 saturated heterocycles. The van der Waals surface area contributed by atoms with Gasteiger partial charge in [-0.15, -0.1) is 0 Å². The first-order valence-electron chi connectivity index (χ1n) is 6.28. The fraction of sp³-hybridized carbons (Fsp3) is 0.538. The lowest BCUT2D eigenvalue weighted by Crippen LogP contribution is -2.12. The van der Waals surface area contributed by atoms with Gasteiger partial charge in [0.1, 0.15) is 11.5 Å². The monoisotopic (exact) mass is 304 g/mol. The molecule has 20 heavy (non-hydrogen) atoms. The summed E-state index contributed by atoms with van der Waals surface area (Å²) < 4.78 is 31.6. The van der Waals surface area contributed by atoms with E-state index in [2.05, 4.69) is 4.52 Å². The van der Waals surface area contributed by atoms with Crippen LogP contribution >= 0.6 is 7.82 Å². The van der Waals surface area contributed by atoms with Crippen molar-refractivity contribution in [3.05, 3.63) is 23.8 Å². The molecule has 0 amide bonds. The number of hydrogen-bond donors (Lipinski definition) is 1. The molecule has 2 atom stereocenters. The molecule has 0 aliphatic heterocycles. The molecule has 1 rings (SSSR count). The predicted molar refractivity (Wildman–Crippen MR) is 75.2 cm³/mol. The first-order chi connectivity index (χ1) is 9.41. The fourth-order valence-electron chi connectivity index (χ4n) is 1.79. The second-order valence-corrected chi connectivity index (χ2v) is 5.59. The molecule has 0 heterocycles. The number of ether oxygens (including phenoxy) is 2. The summed E-state index contributed by atoms with van der Waals surface area (Å²) in [6.07, 6.45) is -0.0650. The number of benzene rings is 1. The molecule has 7 heteroatoms. The Kier molecular flexibility index (Phi) is 6.49. The van der Waals surface area contributed by atoms with Crippen LogP contribution in [0, 0.1) is 0 Å². The Bertz CT molecular complexity index is 476. The topological polar surface area (TPSA) is 74.2 Å². The molecular formula is C13H21O6P. The minimum atomic E-state index is -3.99. The summed E-state index contributed by atoms with van der Waals surface area (Å²) in [7, 11) is -0.860. The average Bonchev–Trinajstić information content (AvgIpc) is 2.38. The van der Waals surface area contributed by atoms with E-state index in [0.717, 1.165) is 5.56 Å². The Balaban J connectivity index is 2.75. The van der Waals surface area contributed by atoms with Crippen molar-refractivity contribution in [3.63, 3.8) is 0 Å². The van der Waals surface area contributed by atoms with Gasteiger partial charge in [0.25, 0.3) is 0 Å². The van der Waals surface area contributed by atoms with Crippen molar-refractivity contribution in [3.8, 4) is 11.5 Å². The standard InChI is InChI=1S/C13H21O6P/c1-5-18-20(14,15)19-10(2)8-11-6-7-12(16-3)9-13(11)17-4/h6-7,9-10H,5,8H2,1-4H3,(H,14,15). The molecule has 114 valence electrons. The van der Waals surface area contributed by atoms with Crippen LogP contribution in [0.5, 0.6) is 11.5 Å². The fourth-order valence-corrected chi connectivity index (χ4v) is 2.70. The minimum Gasteiger partial charge on any atom is -0.497 e. The van der Waals surface area contributed by atoms with Crippen LogP contribution in [-0.2, 0) is 20.0 Å². The Morgan fingerprint density at radius 2 is 2.00 bits per heavy atom. The van der Waals surface area contributed by atoms with Crippen molar-refractivity contribution < 1.29 is 28.0 Å². The maximum atomic E-state index is 11.5. The molecule has 0 bridgehead atoms. The van der Waals surface area contributed by atoms with E-state index in [4.69, 9.17) is 14.0 Å². The third-order valence-electron chi connectivity index (χ3n) is 2.61. The number of methoxy groups -OCH3 is 2. The quantitative estimate of drug-likeness (QED) is 0.744. The van der Waals surface area contributed by atoms with E-state index in [1.807, 2.05) is 6.07 Å². The van der Waals surface area contributed by atoms with E-state index >= 15 is 0 Å². The van der Waals surface area contributed by atoms with Crippen molar-refractivity contribution >= 4 is 7.82 Å². The number of phosphoric acid groups is 1. The van der Waals surface area contributed by atoms with Gasteiger partial charge in [0.15, 0.2) is 0 Å².